The van der Waals surface area contributed by atoms with Crippen molar-refractivity contribution in [2.24, 2.45) is 0 Å². The van der Waals surface area contributed by atoms with Crippen LogP contribution in [0.1, 0.15) is 109 Å². The Kier molecular flexibility index (Phi) is 11.5. The van der Waals surface area contributed by atoms with Gasteiger partial charge in [-0.25, -0.2) is 0 Å². The van der Waals surface area contributed by atoms with Crippen LogP contribution in [0, 0.1) is 0 Å². The predicted molar refractivity (Wildman–Crippen MR) is 116 cm³/mol. The van der Waals surface area contributed by atoms with Gasteiger partial charge in [-0.05, 0) is 36.8 Å². The summed E-state index contributed by atoms with van der Waals surface area (Å²) in [5.41, 5.74) is 2.04. The van der Waals surface area contributed by atoms with Crippen LogP contribution in [0.4, 0.5) is 0 Å². The highest BCUT2D eigenvalue weighted by atomic mass is 31.2. The molecule has 1 aromatic rings. The minimum Gasteiger partial charge on any atom is -0.324 e. The summed E-state index contributed by atoms with van der Waals surface area (Å²) in [6, 6.07) is 7.97. The summed E-state index contributed by atoms with van der Waals surface area (Å²) in [6.45, 7) is 5.98. The molecule has 0 saturated heterocycles. The van der Waals surface area contributed by atoms with Gasteiger partial charge >= 0.3 is 7.60 Å². The summed E-state index contributed by atoms with van der Waals surface area (Å²) in [5.74, 6) is 0. The minimum absolute atomic E-state index is 0.450. The average Bonchev–Trinajstić information content (AvgIpc) is 2.64. The first-order valence-electron chi connectivity index (χ1n) is 11.1. The van der Waals surface area contributed by atoms with Crippen LogP contribution in [-0.4, -0.2) is 9.79 Å². The van der Waals surface area contributed by atoms with Gasteiger partial charge in [-0.1, -0.05) is 103 Å². The lowest BCUT2D eigenvalue weighted by Gasteiger charge is -2.33. The van der Waals surface area contributed by atoms with Crippen molar-refractivity contribution < 1.29 is 14.4 Å². The van der Waals surface area contributed by atoms with Crippen molar-refractivity contribution in [1.82, 2.24) is 0 Å². The molecule has 0 saturated carbocycles. The fraction of sp³-hybridized carbons (Fsp3) is 0.739. The number of benzene rings is 1. The van der Waals surface area contributed by atoms with Crippen molar-refractivity contribution in [2.75, 3.05) is 0 Å². The van der Waals surface area contributed by atoms with Crippen molar-refractivity contribution in [1.29, 1.82) is 0 Å². The first-order chi connectivity index (χ1) is 12.9. The number of unbranched alkanes of at least 4 members (excludes halogenated alkanes) is 9. The van der Waals surface area contributed by atoms with Crippen LogP contribution in [-0.2, 0) is 16.1 Å². The molecular formula is C23H41O3P. The molecule has 27 heavy (non-hydrogen) atoms. The second-order valence-electron chi connectivity index (χ2n) is 7.91. The Hall–Kier alpha value is -0.630. The molecule has 0 spiro atoms. The smallest absolute Gasteiger partial charge is 0.324 e. The zero-order chi connectivity index (χ0) is 20.2. The fourth-order valence-corrected chi connectivity index (χ4v) is 5.35. The molecule has 2 N–H and O–H groups in total. The summed E-state index contributed by atoms with van der Waals surface area (Å²) in [5, 5.41) is -1.04. The molecule has 0 unspecified atom stereocenters. The molecule has 156 valence electrons. The van der Waals surface area contributed by atoms with Gasteiger partial charge in [-0.15, -0.1) is 0 Å². The van der Waals surface area contributed by atoms with Gasteiger partial charge < -0.3 is 9.79 Å². The molecule has 0 amide bonds. The quantitative estimate of drug-likeness (QED) is 0.241. The maximum absolute atomic E-state index is 12.1. The lowest BCUT2D eigenvalue weighted by molar-refractivity contribution is 0.315. The molecule has 0 aliphatic heterocycles. The Morgan fingerprint density at radius 2 is 1.19 bits per heavy atom. The van der Waals surface area contributed by atoms with Gasteiger partial charge in [0, 0.05) is 0 Å². The number of aryl methyl sites for hydroxylation is 1. The maximum Gasteiger partial charge on any atom is 0.335 e. The van der Waals surface area contributed by atoms with E-state index in [1.165, 1.54) is 69.8 Å². The van der Waals surface area contributed by atoms with Crippen LogP contribution in [0.25, 0.3) is 0 Å². The third-order valence-electron chi connectivity index (χ3n) is 6.04. The zero-order valence-electron chi connectivity index (χ0n) is 17.8. The SMILES string of the molecule is CCCCCCCCCCCCc1ccc(C(CC)(CC)P(=O)(O)O)cc1. The predicted octanol–water partition coefficient (Wildman–Crippen LogP) is 7.34. The third kappa shape index (κ3) is 7.72. The summed E-state index contributed by atoms with van der Waals surface area (Å²) in [6.07, 6.45) is 15.3. The molecule has 0 bridgehead atoms. The molecule has 4 heteroatoms. The minimum atomic E-state index is -4.19. The van der Waals surface area contributed by atoms with Crippen molar-refractivity contribution in [2.45, 2.75) is 109 Å². The standard InChI is InChI=1S/C23H41O3P/c1-4-7-8-9-10-11-12-13-14-15-16-21-17-19-22(20-18-21)23(5-2,6-3)27(24,25)26/h17-20H,4-16H2,1-3H3,(H2,24,25,26). The van der Waals surface area contributed by atoms with Crippen LogP contribution >= 0.6 is 7.60 Å². The molecule has 0 aliphatic carbocycles. The average molecular weight is 397 g/mol. The van der Waals surface area contributed by atoms with Gasteiger partial charge in [0.1, 0.15) is 0 Å². The lowest BCUT2D eigenvalue weighted by atomic mass is 9.91. The fourth-order valence-electron chi connectivity index (χ4n) is 4.04. The van der Waals surface area contributed by atoms with E-state index in [1.54, 1.807) is 0 Å². The highest BCUT2D eigenvalue weighted by Crippen LogP contribution is 2.60. The first kappa shape index (κ1) is 24.4. The van der Waals surface area contributed by atoms with E-state index in [-0.39, 0.29) is 0 Å². The van der Waals surface area contributed by atoms with Crippen LogP contribution in [0.5, 0.6) is 0 Å². The molecule has 1 aromatic carbocycles. The Morgan fingerprint density at radius 1 is 0.741 bits per heavy atom. The van der Waals surface area contributed by atoms with Crippen molar-refractivity contribution >= 4 is 7.60 Å². The Balaban J connectivity index is 2.36. The molecule has 0 atom stereocenters. The highest BCUT2D eigenvalue weighted by Gasteiger charge is 2.45. The summed E-state index contributed by atoms with van der Waals surface area (Å²) < 4.78 is 12.1. The molecule has 0 aliphatic rings. The molecule has 0 fully saturated rings. The van der Waals surface area contributed by atoms with Gasteiger partial charge in [0.15, 0.2) is 0 Å². The molecular weight excluding hydrogens is 355 g/mol. The van der Waals surface area contributed by atoms with Gasteiger partial charge in [-0.3, -0.25) is 4.57 Å². The highest BCUT2D eigenvalue weighted by molar-refractivity contribution is 7.53. The second-order valence-corrected chi connectivity index (χ2v) is 9.86. The molecule has 0 heterocycles. The number of rotatable bonds is 15. The summed E-state index contributed by atoms with van der Waals surface area (Å²) >= 11 is 0. The Bertz CT molecular complexity index is 543. The Labute approximate surface area is 167 Å². The van der Waals surface area contributed by atoms with Crippen LogP contribution in [0.3, 0.4) is 0 Å². The molecule has 3 nitrogen and oxygen atoms in total. The largest absolute Gasteiger partial charge is 0.335 e. The van der Waals surface area contributed by atoms with Crippen LogP contribution in [0.15, 0.2) is 24.3 Å². The van der Waals surface area contributed by atoms with E-state index in [9.17, 15) is 14.4 Å². The van der Waals surface area contributed by atoms with Crippen molar-refractivity contribution in [3.05, 3.63) is 35.4 Å². The van der Waals surface area contributed by atoms with E-state index < -0.39 is 12.8 Å². The van der Waals surface area contributed by atoms with Crippen LogP contribution < -0.4 is 0 Å². The zero-order valence-corrected chi connectivity index (χ0v) is 18.6. The normalized spacial score (nSPS) is 12.5. The Morgan fingerprint density at radius 3 is 1.59 bits per heavy atom. The van der Waals surface area contributed by atoms with E-state index in [2.05, 4.69) is 19.1 Å². The lowest BCUT2D eigenvalue weighted by Crippen LogP contribution is -2.24. The van der Waals surface area contributed by atoms with E-state index >= 15 is 0 Å². The second kappa shape index (κ2) is 12.8. The first-order valence-corrected chi connectivity index (χ1v) is 12.7. The van der Waals surface area contributed by atoms with Gasteiger partial charge in [0.2, 0.25) is 0 Å². The van der Waals surface area contributed by atoms with E-state index in [1.807, 2.05) is 26.0 Å². The van der Waals surface area contributed by atoms with Crippen molar-refractivity contribution in [3.8, 4) is 0 Å². The maximum atomic E-state index is 12.1. The van der Waals surface area contributed by atoms with Gasteiger partial charge in [0.05, 0.1) is 5.16 Å². The van der Waals surface area contributed by atoms with Crippen molar-refractivity contribution in [3.63, 3.8) is 0 Å². The molecule has 0 radical (unpaired) electrons. The molecule has 0 aromatic heterocycles. The van der Waals surface area contributed by atoms with E-state index in [4.69, 9.17) is 0 Å². The number of hydrogen-bond acceptors (Lipinski definition) is 1. The number of hydrogen-bond donors (Lipinski definition) is 2. The van der Waals surface area contributed by atoms with Gasteiger partial charge in [-0.2, -0.15) is 0 Å². The monoisotopic (exact) mass is 396 g/mol. The van der Waals surface area contributed by atoms with Gasteiger partial charge in [0.25, 0.3) is 0 Å². The topological polar surface area (TPSA) is 57.5 Å². The van der Waals surface area contributed by atoms with Crippen LogP contribution in [0.2, 0.25) is 0 Å². The third-order valence-corrected chi connectivity index (χ3v) is 8.04. The van der Waals surface area contributed by atoms with E-state index in [0.717, 1.165) is 12.0 Å². The molecule has 1 rings (SSSR count). The summed E-state index contributed by atoms with van der Waals surface area (Å²) in [7, 11) is -4.19. The summed E-state index contributed by atoms with van der Waals surface area (Å²) in [4.78, 5) is 19.7. The van der Waals surface area contributed by atoms with E-state index in [0.29, 0.717) is 12.8 Å².